The molecule has 0 radical (unpaired) electrons. The molecule has 1 aromatic heterocycles. The van der Waals surface area contributed by atoms with E-state index in [1.807, 2.05) is 36.4 Å². The van der Waals surface area contributed by atoms with Gasteiger partial charge in [0, 0.05) is 10.6 Å². The van der Waals surface area contributed by atoms with Crippen LogP contribution < -0.4 is 0 Å². The lowest BCUT2D eigenvalue weighted by molar-refractivity contribution is 0.102. The number of carbonyl (C=O) groups is 1. The number of unbranched alkanes of at least 4 members (excludes halogenated alkanes) is 1. The molecule has 0 aliphatic heterocycles. The fourth-order valence-corrected chi connectivity index (χ4v) is 5.38. The molecule has 0 atom stereocenters. The zero-order valence-electron chi connectivity index (χ0n) is 19.7. The molecule has 0 bridgehead atoms. The molecule has 2 aliphatic carbocycles. The van der Waals surface area contributed by atoms with E-state index in [1.54, 1.807) is 0 Å². The second-order valence-electron chi connectivity index (χ2n) is 9.33. The fourth-order valence-electron chi connectivity index (χ4n) is 5.25. The first-order valence-corrected chi connectivity index (χ1v) is 12.8. The van der Waals surface area contributed by atoms with Gasteiger partial charge in [-0.1, -0.05) is 67.4 Å². The molecule has 0 amide bonds. The number of halogens is 1. The van der Waals surface area contributed by atoms with Crippen molar-refractivity contribution in [3.05, 3.63) is 104 Å². The van der Waals surface area contributed by atoms with Crippen molar-refractivity contribution < 1.29 is 4.79 Å². The second-order valence-corrected chi connectivity index (χ2v) is 9.77. The predicted octanol–water partition coefficient (Wildman–Crippen LogP) is 8.17. The van der Waals surface area contributed by atoms with E-state index in [0.29, 0.717) is 10.7 Å². The summed E-state index contributed by atoms with van der Waals surface area (Å²) in [5, 5.41) is 0.703. The number of allylic oxidation sites excluding steroid dienone is 2. The van der Waals surface area contributed by atoms with E-state index in [1.165, 1.54) is 27.8 Å². The van der Waals surface area contributed by atoms with Crippen LogP contribution in [0.1, 0.15) is 83.0 Å². The van der Waals surface area contributed by atoms with Crippen LogP contribution in [0.2, 0.25) is 5.02 Å². The summed E-state index contributed by atoms with van der Waals surface area (Å²) < 4.78 is 0. The Hall–Kier alpha value is -2.97. The Balaban J connectivity index is 1.61. The quantitative estimate of drug-likeness (QED) is 0.354. The Bertz CT molecular complexity index is 1270. The highest BCUT2D eigenvalue weighted by atomic mass is 35.5. The lowest BCUT2D eigenvalue weighted by Gasteiger charge is -2.28. The Morgan fingerprint density at radius 2 is 1.53 bits per heavy atom. The first-order chi connectivity index (χ1) is 16.6. The molecule has 2 aromatic carbocycles. The maximum Gasteiger partial charge on any atom is 0.207 e. The minimum Gasteiger partial charge on any atom is -0.287 e. The number of carbonyl (C=O) groups excluding carboxylic acids is 1. The van der Waals surface area contributed by atoms with Crippen molar-refractivity contribution in [1.29, 1.82) is 0 Å². The molecule has 172 valence electrons. The number of ketones is 1. The van der Waals surface area contributed by atoms with Crippen LogP contribution >= 0.6 is 11.6 Å². The van der Waals surface area contributed by atoms with Crippen LogP contribution in [0.4, 0.5) is 0 Å². The fraction of sp³-hybridized carbons (Fsp3) is 0.290. The van der Waals surface area contributed by atoms with Gasteiger partial charge in [0.2, 0.25) is 5.78 Å². The number of hydrogen-bond acceptors (Lipinski definition) is 2. The Labute approximate surface area is 207 Å². The normalized spacial score (nSPS) is 17.6. The van der Waals surface area contributed by atoms with Gasteiger partial charge in [0.1, 0.15) is 5.69 Å². The highest BCUT2D eigenvalue weighted by Crippen LogP contribution is 2.39. The molecule has 1 heterocycles. The molecule has 3 heteroatoms. The van der Waals surface area contributed by atoms with E-state index in [9.17, 15) is 4.79 Å². The highest BCUT2D eigenvalue weighted by Gasteiger charge is 2.30. The van der Waals surface area contributed by atoms with Gasteiger partial charge in [0.25, 0.3) is 0 Å². The van der Waals surface area contributed by atoms with Crippen LogP contribution in [0.5, 0.6) is 0 Å². The summed E-state index contributed by atoms with van der Waals surface area (Å²) in [4.78, 5) is 18.8. The number of Topliss-reactive ketones (excluding diaryl/α,β-unsaturated/α-hetero) is 1. The number of hydrogen-bond donors (Lipinski definition) is 0. The molecule has 0 fully saturated rings. The average Bonchev–Trinajstić information content (AvgIpc) is 2.86. The first-order valence-electron chi connectivity index (χ1n) is 12.5. The molecular formula is C31H30ClNO. The van der Waals surface area contributed by atoms with Crippen LogP contribution in [-0.2, 0) is 19.3 Å². The van der Waals surface area contributed by atoms with E-state index in [4.69, 9.17) is 16.6 Å². The summed E-state index contributed by atoms with van der Waals surface area (Å²) in [7, 11) is 0. The van der Waals surface area contributed by atoms with Gasteiger partial charge in [0.15, 0.2) is 0 Å². The average molecular weight is 468 g/mol. The van der Waals surface area contributed by atoms with Crippen LogP contribution in [-0.4, -0.2) is 10.8 Å². The maximum absolute atomic E-state index is 13.7. The zero-order valence-corrected chi connectivity index (χ0v) is 20.5. The minimum absolute atomic E-state index is 0.0846. The van der Waals surface area contributed by atoms with Crippen molar-refractivity contribution in [2.75, 3.05) is 0 Å². The largest absolute Gasteiger partial charge is 0.287 e. The van der Waals surface area contributed by atoms with Crippen LogP contribution in [0.15, 0.2) is 60.2 Å². The van der Waals surface area contributed by atoms with Gasteiger partial charge >= 0.3 is 0 Å². The number of fused-ring (bicyclic) bond motifs is 2. The third-order valence-corrected chi connectivity index (χ3v) is 7.24. The number of aromatic nitrogens is 1. The Kier molecular flexibility index (Phi) is 6.78. The number of nitrogens with zero attached hydrogens (tertiary/aromatic N) is 1. The molecular weight excluding hydrogens is 438 g/mol. The predicted molar refractivity (Wildman–Crippen MR) is 142 cm³/mol. The van der Waals surface area contributed by atoms with Gasteiger partial charge in [-0.05, 0) is 103 Å². The van der Waals surface area contributed by atoms with Gasteiger partial charge in [-0.2, -0.15) is 0 Å². The van der Waals surface area contributed by atoms with Crippen LogP contribution in [0.25, 0.3) is 17.7 Å². The maximum atomic E-state index is 13.7. The minimum atomic E-state index is 0.0846. The van der Waals surface area contributed by atoms with Gasteiger partial charge in [-0.15, -0.1) is 0 Å². The van der Waals surface area contributed by atoms with Crippen molar-refractivity contribution in [1.82, 2.24) is 4.98 Å². The van der Waals surface area contributed by atoms with E-state index >= 15 is 0 Å². The van der Waals surface area contributed by atoms with Crippen molar-refractivity contribution in [3.63, 3.8) is 0 Å². The lowest BCUT2D eigenvalue weighted by Crippen LogP contribution is -2.22. The molecule has 2 aliphatic rings. The molecule has 0 spiro atoms. The Morgan fingerprint density at radius 1 is 0.824 bits per heavy atom. The third-order valence-electron chi connectivity index (χ3n) is 6.98. The van der Waals surface area contributed by atoms with E-state index < -0.39 is 0 Å². The monoisotopic (exact) mass is 467 g/mol. The smallest absolute Gasteiger partial charge is 0.207 e. The molecule has 3 aromatic rings. The summed E-state index contributed by atoms with van der Waals surface area (Å²) in [6.45, 7) is 2.24. The molecule has 0 saturated heterocycles. The third kappa shape index (κ3) is 4.65. The summed E-state index contributed by atoms with van der Waals surface area (Å²) in [5.74, 6) is 0.0846. The van der Waals surface area contributed by atoms with E-state index in [2.05, 4.69) is 37.3 Å². The van der Waals surface area contributed by atoms with E-state index in [0.717, 1.165) is 68.2 Å². The lowest BCUT2D eigenvalue weighted by atomic mass is 9.79. The topological polar surface area (TPSA) is 30.0 Å². The summed E-state index contributed by atoms with van der Waals surface area (Å²) >= 11 is 6.05. The van der Waals surface area contributed by atoms with E-state index in [-0.39, 0.29) is 5.78 Å². The standard InChI is InChI=1S/C31H30ClNO/c1-2-3-11-26-27-12-7-10-23(19-21-8-5-4-6-9-21)29(27)33-30-28(26)18-15-24(31(30)34)20-22-13-16-25(32)17-14-22/h4-6,8-9,13-14,16-17,19-20H,2-3,7,10-12,15,18H2,1H3/b23-19+,24-20+. The first kappa shape index (κ1) is 22.8. The molecule has 34 heavy (non-hydrogen) atoms. The molecule has 2 nitrogen and oxygen atoms in total. The summed E-state index contributed by atoms with van der Waals surface area (Å²) in [6.07, 6.45) is 12.4. The number of pyridine rings is 1. The summed E-state index contributed by atoms with van der Waals surface area (Å²) in [5.41, 5.74) is 10.0. The summed E-state index contributed by atoms with van der Waals surface area (Å²) in [6, 6.07) is 18.1. The molecule has 0 N–H and O–H groups in total. The van der Waals surface area contributed by atoms with Crippen LogP contribution in [0.3, 0.4) is 0 Å². The van der Waals surface area contributed by atoms with Crippen molar-refractivity contribution in [2.24, 2.45) is 0 Å². The molecule has 0 unspecified atom stereocenters. The van der Waals surface area contributed by atoms with Crippen LogP contribution in [0, 0.1) is 0 Å². The highest BCUT2D eigenvalue weighted by molar-refractivity contribution is 6.30. The number of rotatable bonds is 5. The van der Waals surface area contributed by atoms with Gasteiger partial charge in [-0.25, -0.2) is 4.98 Å². The van der Waals surface area contributed by atoms with Gasteiger partial charge in [-0.3, -0.25) is 4.79 Å². The Morgan fingerprint density at radius 3 is 2.29 bits per heavy atom. The number of benzene rings is 2. The van der Waals surface area contributed by atoms with Crippen molar-refractivity contribution in [2.45, 2.75) is 58.3 Å². The van der Waals surface area contributed by atoms with Crippen molar-refractivity contribution >= 4 is 35.1 Å². The molecule has 5 rings (SSSR count). The van der Waals surface area contributed by atoms with Gasteiger partial charge in [0.05, 0.1) is 5.69 Å². The van der Waals surface area contributed by atoms with Crippen molar-refractivity contribution in [3.8, 4) is 0 Å². The van der Waals surface area contributed by atoms with Gasteiger partial charge < -0.3 is 0 Å². The molecule has 0 saturated carbocycles. The second kappa shape index (κ2) is 10.1. The zero-order chi connectivity index (χ0) is 23.5. The SMILES string of the molecule is CCCCc1c2c(nc3c1CCC/C3=C\c1ccccc1)C(=O)/C(=C/c1ccc(Cl)cc1)CC2.